The summed E-state index contributed by atoms with van der Waals surface area (Å²) in [6, 6.07) is -0.204. The highest BCUT2D eigenvalue weighted by Gasteiger charge is 2.14. The van der Waals surface area contributed by atoms with E-state index in [4.69, 9.17) is 5.73 Å². The standard InChI is InChI=1S/C8H16N2O/c1-5-7(9)6(2)8(11)10(3)4/h7H,2,5,9H2,1,3-4H3. The van der Waals surface area contributed by atoms with Gasteiger partial charge in [-0.1, -0.05) is 13.5 Å². The van der Waals surface area contributed by atoms with Gasteiger partial charge in [-0.05, 0) is 6.42 Å². The Morgan fingerprint density at radius 3 is 2.36 bits per heavy atom. The molecule has 0 saturated carbocycles. The van der Waals surface area contributed by atoms with E-state index in [0.717, 1.165) is 6.42 Å². The van der Waals surface area contributed by atoms with E-state index in [1.807, 2.05) is 6.92 Å². The van der Waals surface area contributed by atoms with Crippen molar-refractivity contribution in [1.82, 2.24) is 4.90 Å². The molecule has 0 fully saturated rings. The lowest BCUT2D eigenvalue weighted by molar-refractivity contribution is -0.124. The molecule has 0 radical (unpaired) electrons. The molecular weight excluding hydrogens is 140 g/mol. The van der Waals surface area contributed by atoms with Crippen molar-refractivity contribution in [3.63, 3.8) is 0 Å². The van der Waals surface area contributed by atoms with Crippen molar-refractivity contribution in [2.75, 3.05) is 14.1 Å². The number of nitrogens with two attached hydrogens (primary N) is 1. The van der Waals surface area contributed by atoms with Gasteiger partial charge in [0.25, 0.3) is 0 Å². The van der Waals surface area contributed by atoms with E-state index >= 15 is 0 Å². The van der Waals surface area contributed by atoms with E-state index in [1.165, 1.54) is 4.90 Å². The van der Waals surface area contributed by atoms with Crippen molar-refractivity contribution in [1.29, 1.82) is 0 Å². The topological polar surface area (TPSA) is 46.3 Å². The Kier molecular flexibility index (Phi) is 3.82. The maximum absolute atomic E-state index is 11.2. The quantitative estimate of drug-likeness (QED) is 0.600. The average molecular weight is 156 g/mol. The molecule has 0 saturated heterocycles. The number of likely N-dealkylation sites (N-methyl/N-ethyl adjacent to an activating group) is 1. The van der Waals surface area contributed by atoms with E-state index in [0.29, 0.717) is 5.57 Å². The molecule has 0 rings (SSSR count). The lowest BCUT2D eigenvalue weighted by Gasteiger charge is -2.16. The lowest BCUT2D eigenvalue weighted by Crippen LogP contribution is -2.33. The van der Waals surface area contributed by atoms with Gasteiger partial charge in [0, 0.05) is 25.7 Å². The minimum Gasteiger partial charge on any atom is -0.345 e. The molecule has 2 N–H and O–H groups in total. The zero-order chi connectivity index (χ0) is 9.02. The molecule has 0 aromatic rings. The van der Waals surface area contributed by atoms with Crippen molar-refractivity contribution >= 4 is 5.91 Å². The van der Waals surface area contributed by atoms with Crippen LogP contribution < -0.4 is 5.73 Å². The molecule has 0 aliphatic carbocycles. The predicted molar refractivity (Wildman–Crippen MR) is 46.1 cm³/mol. The van der Waals surface area contributed by atoms with Gasteiger partial charge in [0.2, 0.25) is 5.91 Å². The van der Waals surface area contributed by atoms with E-state index < -0.39 is 0 Å². The van der Waals surface area contributed by atoms with Crippen LogP contribution in [-0.2, 0) is 4.79 Å². The van der Waals surface area contributed by atoms with Crippen LogP contribution in [0.5, 0.6) is 0 Å². The highest BCUT2D eigenvalue weighted by atomic mass is 16.2. The van der Waals surface area contributed by atoms with Gasteiger partial charge in [0.15, 0.2) is 0 Å². The first kappa shape index (κ1) is 10.2. The van der Waals surface area contributed by atoms with Crippen molar-refractivity contribution in [2.45, 2.75) is 19.4 Å². The molecule has 0 aliphatic rings. The van der Waals surface area contributed by atoms with Crippen molar-refractivity contribution in [3.05, 3.63) is 12.2 Å². The summed E-state index contributed by atoms with van der Waals surface area (Å²) >= 11 is 0. The second kappa shape index (κ2) is 4.13. The minimum absolute atomic E-state index is 0.0839. The van der Waals surface area contributed by atoms with Crippen molar-refractivity contribution in [3.8, 4) is 0 Å². The Morgan fingerprint density at radius 1 is 1.64 bits per heavy atom. The maximum Gasteiger partial charge on any atom is 0.250 e. The summed E-state index contributed by atoms with van der Waals surface area (Å²) in [5.74, 6) is -0.0839. The molecule has 0 aromatic heterocycles. The summed E-state index contributed by atoms with van der Waals surface area (Å²) in [6.07, 6.45) is 0.748. The number of hydrogen-bond acceptors (Lipinski definition) is 2. The highest BCUT2D eigenvalue weighted by Crippen LogP contribution is 2.03. The number of carbonyl (C=O) groups excluding carboxylic acids is 1. The molecule has 3 nitrogen and oxygen atoms in total. The van der Waals surface area contributed by atoms with Crippen LogP contribution in [0.15, 0.2) is 12.2 Å². The van der Waals surface area contributed by atoms with Crippen LogP contribution in [0, 0.1) is 0 Å². The van der Waals surface area contributed by atoms with E-state index in [2.05, 4.69) is 6.58 Å². The predicted octanol–water partition coefficient (Wildman–Crippen LogP) is 0.368. The number of nitrogens with zero attached hydrogens (tertiary/aromatic N) is 1. The molecular formula is C8H16N2O. The molecule has 0 spiro atoms. The summed E-state index contributed by atoms with van der Waals surface area (Å²) in [5, 5.41) is 0. The SMILES string of the molecule is C=C(C(=O)N(C)C)C(N)CC. The molecule has 1 atom stereocenters. The molecule has 0 heterocycles. The summed E-state index contributed by atoms with van der Waals surface area (Å²) in [5.41, 5.74) is 6.09. The third-order valence-electron chi connectivity index (χ3n) is 1.57. The van der Waals surface area contributed by atoms with Gasteiger partial charge >= 0.3 is 0 Å². The van der Waals surface area contributed by atoms with Gasteiger partial charge < -0.3 is 10.6 Å². The second-order valence-corrected chi connectivity index (χ2v) is 2.74. The largest absolute Gasteiger partial charge is 0.345 e. The molecule has 0 bridgehead atoms. The average Bonchev–Trinajstić information content (AvgIpc) is 2.00. The molecule has 3 heteroatoms. The minimum atomic E-state index is -0.204. The Balaban J connectivity index is 4.14. The smallest absolute Gasteiger partial charge is 0.250 e. The number of hydrogen-bond donors (Lipinski definition) is 1. The van der Waals surface area contributed by atoms with Crippen LogP contribution >= 0.6 is 0 Å². The fourth-order valence-corrected chi connectivity index (χ4v) is 0.692. The molecule has 0 aromatic carbocycles. The van der Waals surface area contributed by atoms with Crippen LogP contribution in [0.25, 0.3) is 0 Å². The fraction of sp³-hybridized carbons (Fsp3) is 0.625. The molecule has 1 unspecified atom stereocenters. The number of amides is 1. The van der Waals surface area contributed by atoms with Gasteiger partial charge in [-0.25, -0.2) is 0 Å². The van der Waals surface area contributed by atoms with Gasteiger partial charge in [-0.15, -0.1) is 0 Å². The van der Waals surface area contributed by atoms with E-state index in [-0.39, 0.29) is 11.9 Å². The van der Waals surface area contributed by atoms with Gasteiger partial charge in [-0.3, -0.25) is 4.79 Å². The fourth-order valence-electron chi connectivity index (χ4n) is 0.692. The third-order valence-corrected chi connectivity index (χ3v) is 1.57. The van der Waals surface area contributed by atoms with E-state index in [9.17, 15) is 4.79 Å². The Labute approximate surface area is 67.9 Å². The van der Waals surface area contributed by atoms with Crippen LogP contribution in [0.3, 0.4) is 0 Å². The molecule has 64 valence electrons. The van der Waals surface area contributed by atoms with Crippen LogP contribution in [0.4, 0.5) is 0 Å². The van der Waals surface area contributed by atoms with E-state index in [1.54, 1.807) is 14.1 Å². The normalized spacial score (nSPS) is 12.4. The van der Waals surface area contributed by atoms with Gasteiger partial charge in [0.1, 0.15) is 0 Å². The Bertz CT molecular complexity index is 163. The molecule has 0 aliphatic heterocycles. The van der Waals surface area contributed by atoms with Crippen LogP contribution in [0.1, 0.15) is 13.3 Å². The zero-order valence-corrected chi connectivity index (χ0v) is 7.42. The zero-order valence-electron chi connectivity index (χ0n) is 7.42. The monoisotopic (exact) mass is 156 g/mol. The van der Waals surface area contributed by atoms with Crippen molar-refractivity contribution in [2.24, 2.45) is 5.73 Å². The van der Waals surface area contributed by atoms with Gasteiger partial charge in [0.05, 0.1) is 0 Å². The van der Waals surface area contributed by atoms with Gasteiger partial charge in [-0.2, -0.15) is 0 Å². The first-order valence-electron chi connectivity index (χ1n) is 3.66. The number of carbonyl (C=O) groups is 1. The maximum atomic E-state index is 11.2. The summed E-state index contributed by atoms with van der Waals surface area (Å²) in [7, 11) is 3.38. The number of rotatable bonds is 3. The lowest BCUT2D eigenvalue weighted by atomic mass is 10.1. The summed E-state index contributed by atoms with van der Waals surface area (Å²) < 4.78 is 0. The summed E-state index contributed by atoms with van der Waals surface area (Å²) in [6.45, 7) is 5.56. The second-order valence-electron chi connectivity index (χ2n) is 2.74. The van der Waals surface area contributed by atoms with Crippen LogP contribution in [0.2, 0.25) is 0 Å². The Hall–Kier alpha value is -0.830. The molecule has 11 heavy (non-hydrogen) atoms. The van der Waals surface area contributed by atoms with Crippen LogP contribution in [-0.4, -0.2) is 30.9 Å². The highest BCUT2D eigenvalue weighted by molar-refractivity contribution is 5.93. The first-order chi connectivity index (χ1) is 5.00. The van der Waals surface area contributed by atoms with Crippen molar-refractivity contribution < 1.29 is 4.79 Å². The first-order valence-corrected chi connectivity index (χ1v) is 3.66. The third kappa shape index (κ3) is 2.72. The molecule has 1 amide bonds. The Morgan fingerprint density at radius 2 is 2.09 bits per heavy atom. The summed E-state index contributed by atoms with van der Waals surface area (Å²) in [4.78, 5) is 12.7.